The van der Waals surface area contributed by atoms with Gasteiger partial charge in [0.15, 0.2) is 0 Å². The number of hydrogen-bond donors (Lipinski definition) is 4. The zero-order chi connectivity index (χ0) is 12.8. The van der Waals surface area contributed by atoms with Crippen LogP contribution in [0.25, 0.3) is 0 Å². The van der Waals surface area contributed by atoms with Crippen LogP contribution in [0.4, 0.5) is 4.79 Å². The van der Waals surface area contributed by atoms with Gasteiger partial charge in [0.1, 0.15) is 5.82 Å². The number of nitrogens with zero attached hydrogens (tertiary/aromatic N) is 1. The summed E-state index contributed by atoms with van der Waals surface area (Å²) in [5.74, 6) is -0.938. The van der Waals surface area contributed by atoms with Gasteiger partial charge in [-0.3, -0.25) is 4.79 Å². The number of H-pyrrole nitrogens is 1. The first-order valence-corrected chi connectivity index (χ1v) is 5.26. The van der Waals surface area contributed by atoms with E-state index in [4.69, 9.17) is 5.11 Å². The maximum Gasteiger partial charge on any atom is 0.315 e. The van der Waals surface area contributed by atoms with Gasteiger partial charge in [0, 0.05) is 18.4 Å². The fourth-order valence-corrected chi connectivity index (χ4v) is 1.16. The maximum atomic E-state index is 11.4. The van der Waals surface area contributed by atoms with E-state index in [1.807, 2.05) is 0 Å². The summed E-state index contributed by atoms with van der Waals surface area (Å²) in [7, 11) is 0. The monoisotopic (exact) mass is 240 g/mol. The number of urea groups is 1. The quantitative estimate of drug-likeness (QED) is 0.594. The molecule has 2 atom stereocenters. The maximum absolute atomic E-state index is 11.4. The van der Waals surface area contributed by atoms with Crippen molar-refractivity contribution in [3.8, 4) is 0 Å². The molecule has 1 heterocycles. The van der Waals surface area contributed by atoms with Crippen molar-refractivity contribution in [2.24, 2.45) is 5.92 Å². The zero-order valence-electron chi connectivity index (χ0n) is 9.73. The van der Waals surface area contributed by atoms with Crippen LogP contribution in [0.3, 0.4) is 0 Å². The van der Waals surface area contributed by atoms with Crippen LogP contribution in [0.5, 0.6) is 0 Å². The summed E-state index contributed by atoms with van der Waals surface area (Å²) in [6, 6.07) is -0.855. The number of aromatic amines is 1. The first kappa shape index (κ1) is 13.0. The summed E-state index contributed by atoms with van der Waals surface area (Å²) < 4.78 is 0. The second-order valence-electron chi connectivity index (χ2n) is 3.78. The molecule has 0 aliphatic carbocycles. The molecule has 0 aliphatic rings. The van der Waals surface area contributed by atoms with Crippen molar-refractivity contribution in [3.63, 3.8) is 0 Å². The van der Waals surface area contributed by atoms with Crippen LogP contribution in [-0.4, -0.2) is 33.1 Å². The summed E-state index contributed by atoms with van der Waals surface area (Å²) in [5.41, 5.74) is 0. The first-order chi connectivity index (χ1) is 8.00. The van der Waals surface area contributed by atoms with Gasteiger partial charge in [0.25, 0.3) is 0 Å². The van der Waals surface area contributed by atoms with Gasteiger partial charge in [-0.25, -0.2) is 9.78 Å². The molecule has 0 aliphatic heterocycles. The average molecular weight is 240 g/mol. The number of hydrogen-bond acceptors (Lipinski definition) is 3. The molecule has 0 saturated carbocycles. The van der Waals surface area contributed by atoms with Gasteiger partial charge in [0.2, 0.25) is 0 Å². The molecule has 2 unspecified atom stereocenters. The molecule has 0 spiro atoms. The van der Waals surface area contributed by atoms with E-state index in [1.165, 1.54) is 0 Å². The predicted molar refractivity (Wildman–Crippen MR) is 60.2 cm³/mol. The van der Waals surface area contributed by atoms with Crippen molar-refractivity contribution in [2.45, 2.75) is 26.4 Å². The Morgan fingerprint density at radius 2 is 2.24 bits per heavy atom. The molecule has 2 amide bonds. The highest BCUT2D eigenvalue weighted by atomic mass is 16.4. The topological polar surface area (TPSA) is 107 Å². The third kappa shape index (κ3) is 4.13. The van der Waals surface area contributed by atoms with E-state index < -0.39 is 24.0 Å². The highest BCUT2D eigenvalue weighted by Crippen LogP contribution is 2.01. The summed E-state index contributed by atoms with van der Waals surface area (Å²) in [4.78, 5) is 28.9. The van der Waals surface area contributed by atoms with Gasteiger partial charge in [-0.05, 0) is 13.8 Å². The lowest BCUT2D eigenvalue weighted by molar-refractivity contribution is -0.141. The molecule has 0 aromatic carbocycles. The van der Waals surface area contributed by atoms with Crippen LogP contribution in [-0.2, 0) is 11.3 Å². The predicted octanol–water partition coefficient (Wildman–Crippen LogP) is 0.318. The van der Waals surface area contributed by atoms with E-state index >= 15 is 0 Å². The fraction of sp³-hybridized carbons (Fsp3) is 0.500. The number of amides is 2. The Morgan fingerprint density at radius 1 is 1.53 bits per heavy atom. The minimum Gasteiger partial charge on any atom is -0.481 e. The summed E-state index contributed by atoms with van der Waals surface area (Å²) in [6.07, 6.45) is 3.24. The number of carboxylic acids is 1. The third-order valence-corrected chi connectivity index (χ3v) is 2.47. The molecule has 0 fully saturated rings. The molecule has 1 aromatic rings. The van der Waals surface area contributed by atoms with Crippen LogP contribution in [0, 0.1) is 5.92 Å². The van der Waals surface area contributed by atoms with Crippen LogP contribution >= 0.6 is 0 Å². The minimum absolute atomic E-state index is 0.271. The van der Waals surface area contributed by atoms with Crippen molar-refractivity contribution >= 4 is 12.0 Å². The van der Waals surface area contributed by atoms with Gasteiger partial charge in [-0.15, -0.1) is 0 Å². The number of aliphatic carboxylic acids is 1. The molecule has 7 heteroatoms. The molecule has 7 nitrogen and oxygen atoms in total. The highest BCUT2D eigenvalue weighted by Gasteiger charge is 2.20. The van der Waals surface area contributed by atoms with Crippen LogP contribution in [0.2, 0.25) is 0 Å². The van der Waals surface area contributed by atoms with Gasteiger partial charge in [-0.1, -0.05) is 0 Å². The number of carbonyl (C=O) groups is 2. The SMILES string of the molecule is CC(NC(=O)NCc1ncc[nH]1)C(C)C(=O)O. The second kappa shape index (κ2) is 5.88. The van der Waals surface area contributed by atoms with E-state index in [0.717, 1.165) is 0 Å². The summed E-state index contributed by atoms with van der Waals surface area (Å²) in [6.45, 7) is 3.46. The Hall–Kier alpha value is -2.05. The molecule has 94 valence electrons. The largest absolute Gasteiger partial charge is 0.481 e. The number of carbonyl (C=O) groups excluding carboxylic acids is 1. The molecule has 4 N–H and O–H groups in total. The lowest BCUT2D eigenvalue weighted by Crippen LogP contribution is -2.45. The second-order valence-corrected chi connectivity index (χ2v) is 3.78. The van der Waals surface area contributed by atoms with Crippen LogP contribution < -0.4 is 10.6 Å². The smallest absolute Gasteiger partial charge is 0.315 e. The fourth-order valence-electron chi connectivity index (χ4n) is 1.16. The summed E-state index contributed by atoms with van der Waals surface area (Å²) in [5, 5.41) is 13.9. The van der Waals surface area contributed by atoms with Crippen molar-refractivity contribution < 1.29 is 14.7 Å². The third-order valence-electron chi connectivity index (χ3n) is 2.47. The van der Waals surface area contributed by atoms with E-state index in [-0.39, 0.29) is 6.54 Å². The zero-order valence-corrected chi connectivity index (χ0v) is 9.73. The average Bonchev–Trinajstić information content (AvgIpc) is 2.77. The number of carboxylic acid groups (broad SMARTS) is 1. The Labute approximate surface area is 98.6 Å². The van der Waals surface area contributed by atoms with Crippen molar-refractivity contribution in [2.75, 3.05) is 0 Å². The molecule has 0 radical (unpaired) electrons. The molecular weight excluding hydrogens is 224 g/mol. The molecular formula is C10H16N4O3. The lowest BCUT2D eigenvalue weighted by Gasteiger charge is -2.17. The Kier molecular flexibility index (Phi) is 4.50. The van der Waals surface area contributed by atoms with Crippen molar-refractivity contribution in [1.82, 2.24) is 20.6 Å². The molecule has 1 rings (SSSR count). The number of aromatic nitrogens is 2. The van der Waals surface area contributed by atoms with Gasteiger partial charge < -0.3 is 20.7 Å². The first-order valence-electron chi connectivity index (χ1n) is 5.26. The molecule has 17 heavy (non-hydrogen) atoms. The van der Waals surface area contributed by atoms with E-state index in [1.54, 1.807) is 26.2 Å². The van der Waals surface area contributed by atoms with Gasteiger partial charge in [0.05, 0.1) is 12.5 Å². The van der Waals surface area contributed by atoms with Gasteiger partial charge in [-0.2, -0.15) is 0 Å². The van der Waals surface area contributed by atoms with E-state index in [9.17, 15) is 9.59 Å². The highest BCUT2D eigenvalue weighted by molar-refractivity contribution is 5.76. The lowest BCUT2D eigenvalue weighted by atomic mass is 10.0. The Bertz CT molecular complexity index is 377. The van der Waals surface area contributed by atoms with Crippen molar-refractivity contribution in [1.29, 1.82) is 0 Å². The van der Waals surface area contributed by atoms with Crippen LogP contribution in [0.15, 0.2) is 12.4 Å². The molecule has 0 bridgehead atoms. The Morgan fingerprint density at radius 3 is 2.76 bits per heavy atom. The van der Waals surface area contributed by atoms with E-state index in [0.29, 0.717) is 5.82 Å². The van der Waals surface area contributed by atoms with Crippen LogP contribution in [0.1, 0.15) is 19.7 Å². The number of nitrogens with one attached hydrogen (secondary N) is 3. The Balaban J connectivity index is 2.32. The minimum atomic E-state index is -0.941. The number of imidazole rings is 1. The van der Waals surface area contributed by atoms with E-state index in [2.05, 4.69) is 20.6 Å². The standard InChI is InChI=1S/C10H16N4O3/c1-6(9(15)16)7(2)14-10(17)13-5-8-11-3-4-12-8/h3-4,6-7H,5H2,1-2H3,(H,11,12)(H,15,16)(H2,13,14,17). The molecule has 0 saturated heterocycles. The molecule has 1 aromatic heterocycles. The van der Waals surface area contributed by atoms with Gasteiger partial charge >= 0.3 is 12.0 Å². The normalized spacial score (nSPS) is 13.8. The van der Waals surface area contributed by atoms with Crippen molar-refractivity contribution in [3.05, 3.63) is 18.2 Å². The summed E-state index contributed by atoms with van der Waals surface area (Å²) >= 11 is 0. The number of rotatable bonds is 5.